The number of anilines is 1. The average Bonchev–Trinajstić information content (AvgIpc) is 3.14. The van der Waals surface area contributed by atoms with Crippen molar-refractivity contribution in [2.75, 3.05) is 10.8 Å². The Kier molecular flexibility index (Phi) is 2.73. The molecule has 0 bridgehead atoms. The molecule has 21 heavy (non-hydrogen) atoms. The maximum absolute atomic E-state index is 12.8. The number of sulfonamides is 1. The van der Waals surface area contributed by atoms with Crippen molar-refractivity contribution < 1.29 is 8.42 Å². The third-order valence-corrected chi connectivity index (χ3v) is 6.01. The van der Waals surface area contributed by atoms with Gasteiger partial charge in [0.1, 0.15) is 11.2 Å². The van der Waals surface area contributed by atoms with Crippen molar-refractivity contribution in [1.29, 1.82) is 0 Å². The van der Waals surface area contributed by atoms with E-state index in [0.29, 0.717) is 25.5 Å². The standard InChI is InChI=1S/C12H11N5O2S2/c18-21(19,9-6-11-10(13-7-9)2-5-20-11)17-4-1-3-16-12(17)14-8-15-16/h2,5-8H,1,3-4H2. The van der Waals surface area contributed by atoms with Crippen LogP contribution in [0.15, 0.2) is 34.9 Å². The molecule has 0 saturated carbocycles. The van der Waals surface area contributed by atoms with Crippen LogP contribution in [0.25, 0.3) is 10.2 Å². The highest BCUT2D eigenvalue weighted by atomic mass is 32.2. The summed E-state index contributed by atoms with van der Waals surface area (Å²) in [6.45, 7) is 1.09. The number of aromatic nitrogens is 4. The summed E-state index contributed by atoms with van der Waals surface area (Å²) in [4.78, 5) is 8.46. The molecule has 0 radical (unpaired) electrons. The molecule has 3 aromatic heterocycles. The summed E-state index contributed by atoms with van der Waals surface area (Å²) in [5.74, 6) is 0.368. The Bertz CT molecular complexity index is 915. The molecule has 0 N–H and O–H groups in total. The molecule has 1 aliphatic rings. The van der Waals surface area contributed by atoms with Gasteiger partial charge in [-0.25, -0.2) is 17.4 Å². The van der Waals surface area contributed by atoms with Gasteiger partial charge in [0.25, 0.3) is 10.0 Å². The molecule has 108 valence electrons. The number of hydrogen-bond acceptors (Lipinski definition) is 6. The molecule has 1 aliphatic heterocycles. The van der Waals surface area contributed by atoms with E-state index in [0.717, 1.165) is 10.2 Å². The molecule has 0 atom stereocenters. The zero-order valence-corrected chi connectivity index (χ0v) is 12.5. The van der Waals surface area contributed by atoms with E-state index in [1.807, 2.05) is 11.4 Å². The van der Waals surface area contributed by atoms with E-state index in [9.17, 15) is 8.42 Å². The average molecular weight is 321 g/mol. The highest BCUT2D eigenvalue weighted by Crippen LogP contribution is 2.27. The molecule has 9 heteroatoms. The monoisotopic (exact) mass is 321 g/mol. The van der Waals surface area contributed by atoms with Crippen LogP contribution in [0, 0.1) is 0 Å². The van der Waals surface area contributed by atoms with Gasteiger partial charge in [0.2, 0.25) is 5.95 Å². The van der Waals surface area contributed by atoms with Gasteiger partial charge in [-0.2, -0.15) is 10.1 Å². The van der Waals surface area contributed by atoms with Crippen molar-refractivity contribution in [3.8, 4) is 0 Å². The first-order valence-corrected chi connectivity index (χ1v) is 8.72. The van der Waals surface area contributed by atoms with Gasteiger partial charge in [-0.15, -0.1) is 11.3 Å². The van der Waals surface area contributed by atoms with Gasteiger partial charge in [-0.1, -0.05) is 0 Å². The van der Waals surface area contributed by atoms with Crippen LogP contribution in [0.2, 0.25) is 0 Å². The van der Waals surface area contributed by atoms with Crippen molar-refractivity contribution >= 4 is 37.5 Å². The van der Waals surface area contributed by atoms with E-state index < -0.39 is 10.0 Å². The minimum atomic E-state index is -3.66. The minimum absolute atomic E-state index is 0.189. The highest BCUT2D eigenvalue weighted by Gasteiger charge is 2.31. The summed E-state index contributed by atoms with van der Waals surface area (Å²) in [6, 6.07) is 3.53. The summed E-state index contributed by atoms with van der Waals surface area (Å²) in [7, 11) is -3.66. The quantitative estimate of drug-likeness (QED) is 0.714. The zero-order chi connectivity index (χ0) is 14.4. The fourth-order valence-corrected chi connectivity index (χ4v) is 4.69. The number of aryl methyl sites for hydroxylation is 1. The number of nitrogens with zero attached hydrogens (tertiary/aromatic N) is 5. The van der Waals surface area contributed by atoms with Gasteiger partial charge in [0.05, 0.1) is 10.2 Å². The Morgan fingerprint density at radius 1 is 1.24 bits per heavy atom. The molecule has 0 aromatic carbocycles. The van der Waals surface area contributed by atoms with Gasteiger partial charge in [0, 0.05) is 19.3 Å². The summed E-state index contributed by atoms with van der Waals surface area (Å²) >= 11 is 1.47. The van der Waals surface area contributed by atoms with Crippen LogP contribution in [0.4, 0.5) is 5.95 Å². The topological polar surface area (TPSA) is 81.0 Å². The molecule has 0 spiro atoms. The summed E-state index contributed by atoms with van der Waals surface area (Å²) < 4.78 is 29.4. The van der Waals surface area contributed by atoms with Gasteiger partial charge in [-0.05, 0) is 23.9 Å². The predicted octanol–water partition coefficient (Wildman–Crippen LogP) is 1.49. The smallest absolute Gasteiger partial charge is 0.254 e. The van der Waals surface area contributed by atoms with E-state index in [-0.39, 0.29) is 4.90 Å². The van der Waals surface area contributed by atoms with Crippen LogP contribution in [0.3, 0.4) is 0 Å². The SMILES string of the molecule is O=S(=O)(c1cnc2ccsc2c1)N1CCCn2ncnc21. The van der Waals surface area contributed by atoms with Crippen LogP contribution in [-0.2, 0) is 16.6 Å². The second kappa shape index (κ2) is 4.50. The maximum atomic E-state index is 12.8. The Morgan fingerprint density at radius 2 is 2.14 bits per heavy atom. The lowest BCUT2D eigenvalue weighted by Crippen LogP contribution is -2.38. The van der Waals surface area contributed by atoms with Crippen molar-refractivity contribution in [2.45, 2.75) is 17.9 Å². The van der Waals surface area contributed by atoms with Crippen molar-refractivity contribution in [3.63, 3.8) is 0 Å². The lowest BCUT2D eigenvalue weighted by molar-refractivity contribution is 0.529. The second-order valence-electron chi connectivity index (χ2n) is 4.69. The number of thiophene rings is 1. The number of fused-ring (bicyclic) bond motifs is 2. The first-order valence-electron chi connectivity index (χ1n) is 6.40. The predicted molar refractivity (Wildman–Crippen MR) is 78.8 cm³/mol. The first kappa shape index (κ1) is 12.7. The van der Waals surface area contributed by atoms with Crippen LogP contribution in [0.1, 0.15) is 6.42 Å². The van der Waals surface area contributed by atoms with Crippen LogP contribution in [-0.4, -0.2) is 34.7 Å². The summed E-state index contributed by atoms with van der Waals surface area (Å²) in [5.41, 5.74) is 0.806. The van der Waals surface area contributed by atoms with Crippen LogP contribution >= 0.6 is 11.3 Å². The molecule has 0 saturated heterocycles. The fraction of sp³-hybridized carbons (Fsp3) is 0.250. The lowest BCUT2D eigenvalue weighted by Gasteiger charge is -2.26. The lowest BCUT2D eigenvalue weighted by atomic mass is 10.4. The normalized spacial score (nSPS) is 15.3. The Balaban J connectivity index is 1.84. The Hall–Kier alpha value is -2.00. The van der Waals surface area contributed by atoms with E-state index in [4.69, 9.17) is 0 Å². The van der Waals surface area contributed by atoms with E-state index in [1.165, 1.54) is 28.2 Å². The van der Waals surface area contributed by atoms with Crippen molar-refractivity contribution in [2.24, 2.45) is 0 Å². The summed E-state index contributed by atoms with van der Waals surface area (Å²) in [6.07, 6.45) is 3.49. The first-order chi connectivity index (χ1) is 10.2. The van der Waals surface area contributed by atoms with E-state index in [1.54, 1.807) is 10.7 Å². The van der Waals surface area contributed by atoms with Gasteiger partial charge in [-0.3, -0.25) is 4.98 Å². The second-order valence-corrected chi connectivity index (χ2v) is 7.50. The molecule has 4 heterocycles. The number of hydrogen-bond donors (Lipinski definition) is 0. The Morgan fingerprint density at radius 3 is 3.05 bits per heavy atom. The van der Waals surface area contributed by atoms with Crippen molar-refractivity contribution in [3.05, 3.63) is 30.0 Å². The molecular formula is C12H11N5O2S2. The van der Waals surface area contributed by atoms with Gasteiger partial charge in [0.15, 0.2) is 0 Å². The highest BCUT2D eigenvalue weighted by molar-refractivity contribution is 7.92. The summed E-state index contributed by atoms with van der Waals surface area (Å²) in [5, 5.41) is 5.94. The minimum Gasteiger partial charge on any atom is -0.254 e. The van der Waals surface area contributed by atoms with E-state index in [2.05, 4.69) is 15.1 Å². The zero-order valence-electron chi connectivity index (χ0n) is 10.9. The number of pyridine rings is 1. The number of rotatable bonds is 2. The maximum Gasteiger partial charge on any atom is 0.268 e. The van der Waals surface area contributed by atoms with Gasteiger partial charge < -0.3 is 0 Å². The molecule has 3 aromatic rings. The van der Waals surface area contributed by atoms with Gasteiger partial charge >= 0.3 is 0 Å². The molecule has 7 nitrogen and oxygen atoms in total. The van der Waals surface area contributed by atoms with Crippen LogP contribution in [0.5, 0.6) is 0 Å². The molecule has 0 unspecified atom stereocenters. The molecule has 4 rings (SSSR count). The molecule has 0 fully saturated rings. The third-order valence-electron chi connectivity index (χ3n) is 3.41. The third kappa shape index (κ3) is 1.92. The molecule has 0 aliphatic carbocycles. The van der Waals surface area contributed by atoms with Crippen molar-refractivity contribution in [1.82, 2.24) is 19.7 Å². The Labute approximate surface area is 124 Å². The molecular weight excluding hydrogens is 310 g/mol. The fourth-order valence-electron chi connectivity index (χ4n) is 2.40. The van der Waals surface area contributed by atoms with Crippen LogP contribution < -0.4 is 4.31 Å². The largest absolute Gasteiger partial charge is 0.268 e. The van der Waals surface area contributed by atoms with E-state index >= 15 is 0 Å². The molecule has 0 amide bonds.